The quantitative estimate of drug-likeness (QED) is 0.154. The summed E-state index contributed by atoms with van der Waals surface area (Å²) in [7, 11) is 6.81. The Balaban J connectivity index is 0.000000990. The third-order valence-corrected chi connectivity index (χ3v) is 11.6. The highest BCUT2D eigenvalue weighted by atomic mass is 32.1. The third kappa shape index (κ3) is 13.9. The van der Waals surface area contributed by atoms with Crippen LogP contribution in [0.3, 0.4) is 0 Å². The maximum Gasteiger partial charge on any atom is 0.234 e. The molecule has 1 fully saturated rings. The van der Waals surface area contributed by atoms with Crippen LogP contribution in [0.15, 0.2) is 35.4 Å². The lowest BCUT2D eigenvalue weighted by Crippen LogP contribution is -2.53. The number of carbonyl (C=O) groups is 4. The number of ether oxygens (including phenoxy) is 2. The minimum Gasteiger partial charge on any atom is -0.379 e. The van der Waals surface area contributed by atoms with Crippen molar-refractivity contribution in [2.24, 2.45) is 29.4 Å². The second-order valence-corrected chi connectivity index (χ2v) is 16.5. The standard InChI is InChI=1S/C35H56N4O5S.C6H14N2O/c1-9-24(4)32(38(6)30(40)20-23(2)3)29(43-7)22-31(41)39-18-13-16-28(39)33(44-8)25(5)34(42)37-27(35-36-17-19-45-35)21-26-14-11-10-12-15-26;1-4(2)5(8-3)6(7)9/h11,14-15,17,19,23-25,27-29,32-33H,9-10,12-13,16,18,20-22H2,1-8H3,(H,37,42);4-5,8H,1-3H3,(H2,7,9). The number of nitrogens with zero attached hydrogens (tertiary/aromatic N) is 3. The topological polar surface area (TPSA) is 156 Å². The van der Waals surface area contributed by atoms with Crippen LogP contribution in [0, 0.1) is 23.7 Å². The van der Waals surface area contributed by atoms with E-state index in [9.17, 15) is 19.2 Å². The van der Waals surface area contributed by atoms with Gasteiger partial charge in [0.1, 0.15) is 5.01 Å². The van der Waals surface area contributed by atoms with Crippen molar-refractivity contribution in [3.05, 3.63) is 40.4 Å². The SMILES string of the molecule is CCC(C)C(C(CC(=O)N1CCCC1C(OC)C(C)C(=O)NC(CC1=CCCC=C1)c1nccs1)OC)N(C)C(=O)CC(C)C.CNC(C(N)=O)C(C)C. The zero-order chi connectivity index (χ0) is 40.5. The van der Waals surface area contributed by atoms with E-state index in [1.807, 2.05) is 51.9 Å². The van der Waals surface area contributed by atoms with Gasteiger partial charge in [0, 0.05) is 45.8 Å². The summed E-state index contributed by atoms with van der Waals surface area (Å²) in [5, 5.41) is 8.89. The highest BCUT2D eigenvalue weighted by molar-refractivity contribution is 7.09. The third-order valence-electron chi connectivity index (χ3n) is 10.7. The molecule has 8 atom stereocenters. The van der Waals surface area contributed by atoms with E-state index in [1.165, 1.54) is 16.9 Å². The fraction of sp³-hybridized carbons (Fsp3) is 0.732. The zero-order valence-electron chi connectivity index (χ0n) is 34.8. The molecule has 2 aliphatic rings. The van der Waals surface area contributed by atoms with Crippen molar-refractivity contribution in [2.45, 2.75) is 136 Å². The summed E-state index contributed by atoms with van der Waals surface area (Å²) in [5.74, 6) is -0.187. The molecule has 8 unspecified atom stereocenters. The van der Waals surface area contributed by atoms with Gasteiger partial charge in [0.2, 0.25) is 23.6 Å². The maximum atomic E-state index is 13.9. The number of carbonyl (C=O) groups excluding carboxylic acids is 4. The molecule has 54 heavy (non-hydrogen) atoms. The van der Waals surface area contributed by atoms with Crippen LogP contribution in [0.1, 0.15) is 111 Å². The minimum atomic E-state index is -0.488. The fourth-order valence-electron chi connectivity index (χ4n) is 7.59. The molecule has 0 aromatic carbocycles. The van der Waals surface area contributed by atoms with Gasteiger partial charge in [0.15, 0.2) is 0 Å². The molecule has 3 rings (SSSR count). The average molecular weight is 775 g/mol. The van der Waals surface area contributed by atoms with Crippen LogP contribution in [0.25, 0.3) is 0 Å². The van der Waals surface area contributed by atoms with Gasteiger partial charge in [-0.1, -0.05) is 73.1 Å². The molecule has 4 N–H and O–H groups in total. The van der Waals surface area contributed by atoms with E-state index in [4.69, 9.17) is 15.2 Å². The van der Waals surface area contributed by atoms with E-state index in [0.717, 1.165) is 37.1 Å². The van der Waals surface area contributed by atoms with Crippen molar-refractivity contribution in [1.29, 1.82) is 0 Å². The average Bonchev–Trinajstić information content (AvgIpc) is 3.85. The second kappa shape index (κ2) is 23.7. The first-order valence-corrected chi connectivity index (χ1v) is 20.6. The molecule has 0 bridgehead atoms. The highest BCUT2D eigenvalue weighted by Gasteiger charge is 2.42. The molecule has 0 radical (unpaired) electrons. The van der Waals surface area contributed by atoms with Crippen LogP contribution < -0.4 is 16.4 Å². The lowest BCUT2D eigenvalue weighted by Gasteiger charge is -2.39. The molecule has 4 amide bonds. The number of hydrogen-bond acceptors (Lipinski definition) is 9. The van der Waals surface area contributed by atoms with Gasteiger partial charge < -0.3 is 35.6 Å². The summed E-state index contributed by atoms with van der Waals surface area (Å²) >= 11 is 1.54. The van der Waals surface area contributed by atoms with E-state index in [2.05, 4.69) is 47.7 Å². The van der Waals surface area contributed by atoms with Crippen molar-refractivity contribution in [1.82, 2.24) is 25.4 Å². The molecule has 0 spiro atoms. The summed E-state index contributed by atoms with van der Waals surface area (Å²) in [5.41, 5.74) is 6.25. The number of hydrogen-bond donors (Lipinski definition) is 3. The molecular weight excluding hydrogens is 705 g/mol. The van der Waals surface area contributed by atoms with Crippen LogP contribution in [0.4, 0.5) is 0 Å². The molecule has 2 heterocycles. The normalized spacial score (nSPS) is 19.5. The van der Waals surface area contributed by atoms with Crippen LogP contribution in [0.5, 0.6) is 0 Å². The summed E-state index contributed by atoms with van der Waals surface area (Å²) in [6.45, 7) is 14.7. The van der Waals surface area contributed by atoms with Crippen LogP contribution in [0.2, 0.25) is 0 Å². The van der Waals surface area contributed by atoms with Gasteiger partial charge in [-0.15, -0.1) is 11.3 Å². The summed E-state index contributed by atoms with van der Waals surface area (Å²) in [6, 6.07) is -0.880. The summed E-state index contributed by atoms with van der Waals surface area (Å²) in [4.78, 5) is 59.5. The Morgan fingerprint density at radius 1 is 1.07 bits per heavy atom. The Kier molecular flexibility index (Phi) is 20.6. The van der Waals surface area contributed by atoms with E-state index >= 15 is 0 Å². The molecule has 0 saturated carbocycles. The van der Waals surface area contributed by atoms with Crippen molar-refractivity contribution >= 4 is 35.0 Å². The molecule has 1 saturated heterocycles. The van der Waals surface area contributed by atoms with Gasteiger partial charge in [-0.3, -0.25) is 19.2 Å². The summed E-state index contributed by atoms with van der Waals surface area (Å²) < 4.78 is 11.9. The fourth-order valence-corrected chi connectivity index (χ4v) is 8.28. The minimum absolute atomic E-state index is 0.0336. The number of nitrogens with two attached hydrogens (primary N) is 1. The number of allylic oxidation sites excluding steroid dienone is 3. The molecule has 12 nitrogen and oxygen atoms in total. The van der Waals surface area contributed by atoms with Gasteiger partial charge in [0.05, 0.1) is 48.7 Å². The summed E-state index contributed by atoms with van der Waals surface area (Å²) in [6.07, 6.45) is 13.2. The second-order valence-electron chi connectivity index (χ2n) is 15.5. The Bertz CT molecular complexity index is 1370. The largest absolute Gasteiger partial charge is 0.379 e. The van der Waals surface area contributed by atoms with E-state index in [-0.39, 0.29) is 72.0 Å². The van der Waals surface area contributed by atoms with Gasteiger partial charge in [-0.05, 0) is 62.5 Å². The van der Waals surface area contributed by atoms with Crippen molar-refractivity contribution in [2.75, 3.05) is 34.9 Å². The monoisotopic (exact) mass is 775 g/mol. The Morgan fingerprint density at radius 3 is 2.26 bits per heavy atom. The van der Waals surface area contributed by atoms with Crippen LogP contribution >= 0.6 is 11.3 Å². The number of methoxy groups -OCH3 is 2. The van der Waals surface area contributed by atoms with E-state index < -0.39 is 18.1 Å². The smallest absolute Gasteiger partial charge is 0.234 e. The van der Waals surface area contributed by atoms with Crippen molar-refractivity contribution < 1.29 is 28.7 Å². The first-order valence-electron chi connectivity index (χ1n) is 19.7. The van der Waals surface area contributed by atoms with Gasteiger partial charge in [-0.2, -0.15) is 0 Å². The lowest BCUT2D eigenvalue weighted by atomic mass is 9.90. The molecule has 1 aliphatic carbocycles. The Labute approximate surface area is 329 Å². The molecular formula is C41H70N6O6S. The van der Waals surface area contributed by atoms with Gasteiger partial charge in [0.25, 0.3) is 0 Å². The number of aromatic nitrogens is 1. The highest BCUT2D eigenvalue weighted by Crippen LogP contribution is 2.31. The van der Waals surface area contributed by atoms with Gasteiger partial charge >= 0.3 is 0 Å². The molecule has 306 valence electrons. The predicted molar refractivity (Wildman–Crippen MR) is 217 cm³/mol. The van der Waals surface area contributed by atoms with Crippen LogP contribution in [-0.2, 0) is 28.7 Å². The van der Waals surface area contributed by atoms with Crippen molar-refractivity contribution in [3.63, 3.8) is 0 Å². The number of rotatable bonds is 20. The number of nitrogens with one attached hydrogen (secondary N) is 2. The van der Waals surface area contributed by atoms with E-state index in [1.54, 1.807) is 32.4 Å². The van der Waals surface area contributed by atoms with Crippen LogP contribution in [-0.4, -0.2) is 104 Å². The first kappa shape index (κ1) is 47.0. The number of primary amides is 1. The molecule has 13 heteroatoms. The van der Waals surface area contributed by atoms with Gasteiger partial charge in [-0.25, -0.2) is 4.98 Å². The Hall–Kier alpha value is -3.13. The molecule has 1 aliphatic heterocycles. The maximum absolute atomic E-state index is 13.9. The van der Waals surface area contributed by atoms with E-state index in [0.29, 0.717) is 19.4 Å². The first-order chi connectivity index (χ1) is 25.6. The zero-order valence-corrected chi connectivity index (χ0v) is 35.6. The molecule has 1 aromatic heterocycles. The lowest BCUT2D eigenvalue weighted by molar-refractivity contribution is -0.146. The number of thiazole rings is 1. The Morgan fingerprint density at radius 2 is 1.78 bits per heavy atom. The molecule has 1 aromatic rings. The predicted octanol–water partition coefficient (Wildman–Crippen LogP) is 5.65. The number of likely N-dealkylation sites (tertiary alicyclic amines) is 1. The number of amides is 4. The number of likely N-dealkylation sites (N-methyl/N-ethyl adjacent to an activating group) is 2. The van der Waals surface area contributed by atoms with Crippen molar-refractivity contribution in [3.8, 4) is 0 Å².